The molecule has 0 aliphatic rings. The topological polar surface area (TPSA) is 55.4 Å². The van der Waals surface area contributed by atoms with Crippen molar-refractivity contribution in [1.29, 1.82) is 0 Å². The molecule has 0 saturated carbocycles. The Morgan fingerprint density at radius 3 is 2.27 bits per heavy atom. The normalized spacial score (nSPS) is 11.3. The van der Waals surface area contributed by atoms with Gasteiger partial charge in [-0.25, -0.2) is 8.42 Å². The molecular formula is C17H15NO3S. The average molecular weight is 313 g/mol. The summed E-state index contributed by atoms with van der Waals surface area (Å²) in [6.07, 6.45) is 0. The van der Waals surface area contributed by atoms with E-state index in [1.54, 1.807) is 49.6 Å². The summed E-state index contributed by atoms with van der Waals surface area (Å²) in [5.41, 5.74) is 0.539. The number of anilines is 1. The first-order valence-corrected chi connectivity index (χ1v) is 8.22. The predicted molar refractivity (Wildman–Crippen MR) is 87.8 cm³/mol. The molecule has 1 N–H and O–H groups in total. The Hall–Kier alpha value is -2.53. The highest BCUT2D eigenvalue weighted by Gasteiger charge is 2.14. The van der Waals surface area contributed by atoms with Gasteiger partial charge in [0.2, 0.25) is 0 Å². The maximum atomic E-state index is 12.4. The summed E-state index contributed by atoms with van der Waals surface area (Å²) >= 11 is 0. The third kappa shape index (κ3) is 2.89. The van der Waals surface area contributed by atoms with Crippen LogP contribution in [0.5, 0.6) is 5.75 Å². The van der Waals surface area contributed by atoms with Gasteiger partial charge in [0.25, 0.3) is 10.0 Å². The Balaban J connectivity index is 1.98. The summed E-state index contributed by atoms with van der Waals surface area (Å²) in [6, 6.07) is 19.4. The first-order valence-electron chi connectivity index (χ1n) is 6.74. The molecule has 3 rings (SSSR count). The summed E-state index contributed by atoms with van der Waals surface area (Å²) in [4.78, 5) is 0.231. The average Bonchev–Trinajstić information content (AvgIpc) is 2.54. The number of sulfonamides is 1. The van der Waals surface area contributed by atoms with Gasteiger partial charge in [0, 0.05) is 5.69 Å². The van der Waals surface area contributed by atoms with Crippen molar-refractivity contribution in [3.63, 3.8) is 0 Å². The van der Waals surface area contributed by atoms with E-state index >= 15 is 0 Å². The maximum Gasteiger partial charge on any atom is 0.261 e. The van der Waals surface area contributed by atoms with E-state index in [-0.39, 0.29) is 4.90 Å². The summed E-state index contributed by atoms with van der Waals surface area (Å²) in [5, 5.41) is 1.77. The van der Waals surface area contributed by atoms with E-state index in [1.165, 1.54) is 0 Å². The van der Waals surface area contributed by atoms with Crippen LogP contribution in [-0.4, -0.2) is 15.5 Å². The van der Waals surface area contributed by atoms with Gasteiger partial charge in [-0.1, -0.05) is 30.3 Å². The molecule has 0 heterocycles. The van der Waals surface area contributed by atoms with Crippen LogP contribution in [0.4, 0.5) is 5.69 Å². The third-order valence-corrected chi connectivity index (χ3v) is 4.73. The van der Waals surface area contributed by atoms with Crippen LogP contribution in [0.2, 0.25) is 0 Å². The second kappa shape index (κ2) is 5.69. The molecule has 0 aliphatic heterocycles. The Kier molecular flexibility index (Phi) is 3.73. The molecule has 112 valence electrons. The molecule has 0 fully saturated rings. The number of fused-ring (bicyclic) bond motifs is 1. The molecule has 0 unspecified atom stereocenters. The lowest BCUT2D eigenvalue weighted by Gasteiger charge is -2.09. The van der Waals surface area contributed by atoms with E-state index < -0.39 is 10.0 Å². The van der Waals surface area contributed by atoms with Crippen molar-refractivity contribution in [3.05, 3.63) is 66.7 Å². The van der Waals surface area contributed by atoms with Crippen LogP contribution >= 0.6 is 0 Å². The van der Waals surface area contributed by atoms with Gasteiger partial charge in [-0.05, 0) is 47.2 Å². The Labute approximate surface area is 129 Å². The number of rotatable bonds is 4. The van der Waals surface area contributed by atoms with Crippen LogP contribution in [0.25, 0.3) is 10.8 Å². The summed E-state index contributed by atoms with van der Waals surface area (Å²) in [6.45, 7) is 0. The lowest BCUT2D eigenvalue weighted by atomic mass is 10.1. The zero-order valence-electron chi connectivity index (χ0n) is 12.0. The second-order valence-corrected chi connectivity index (χ2v) is 6.53. The predicted octanol–water partition coefficient (Wildman–Crippen LogP) is 3.65. The number of benzene rings is 3. The zero-order chi connectivity index (χ0) is 15.6. The summed E-state index contributed by atoms with van der Waals surface area (Å²) in [5.74, 6) is 0.741. The van der Waals surface area contributed by atoms with E-state index in [2.05, 4.69) is 4.72 Å². The molecule has 0 aliphatic carbocycles. The summed E-state index contributed by atoms with van der Waals surface area (Å²) < 4.78 is 32.6. The summed E-state index contributed by atoms with van der Waals surface area (Å²) in [7, 11) is -2.00. The zero-order valence-corrected chi connectivity index (χ0v) is 12.8. The van der Waals surface area contributed by atoms with Crippen LogP contribution in [0.1, 0.15) is 0 Å². The molecule has 0 atom stereocenters. The van der Waals surface area contributed by atoms with Crippen LogP contribution in [0.15, 0.2) is 71.6 Å². The molecule has 0 bridgehead atoms. The van der Waals surface area contributed by atoms with Gasteiger partial charge in [0.15, 0.2) is 0 Å². The molecule has 0 radical (unpaired) electrons. The number of ether oxygens (including phenoxy) is 1. The number of methoxy groups -OCH3 is 1. The van der Waals surface area contributed by atoms with Gasteiger partial charge < -0.3 is 4.74 Å². The fourth-order valence-electron chi connectivity index (χ4n) is 2.22. The number of hydrogen-bond donors (Lipinski definition) is 1. The van der Waals surface area contributed by atoms with Crippen molar-refractivity contribution in [2.75, 3.05) is 11.8 Å². The van der Waals surface area contributed by atoms with E-state index in [4.69, 9.17) is 4.74 Å². The Morgan fingerprint density at radius 2 is 1.55 bits per heavy atom. The van der Waals surface area contributed by atoms with Crippen LogP contribution in [-0.2, 0) is 10.0 Å². The Bertz CT molecular complexity index is 906. The SMILES string of the molecule is COc1ccc2cc(S(=O)(=O)Nc3ccccc3)ccc2c1. The quantitative estimate of drug-likeness (QED) is 0.800. The molecule has 3 aromatic rings. The smallest absolute Gasteiger partial charge is 0.261 e. The third-order valence-electron chi connectivity index (χ3n) is 3.36. The molecular weight excluding hydrogens is 298 g/mol. The van der Waals surface area contributed by atoms with E-state index in [0.717, 1.165) is 16.5 Å². The van der Waals surface area contributed by atoms with E-state index in [1.807, 2.05) is 24.3 Å². The molecule has 3 aromatic carbocycles. The van der Waals surface area contributed by atoms with Crippen LogP contribution in [0.3, 0.4) is 0 Å². The fraction of sp³-hybridized carbons (Fsp3) is 0.0588. The fourth-order valence-corrected chi connectivity index (χ4v) is 3.31. The number of para-hydroxylation sites is 1. The monoisotopic (exact) mass is 313 g/mol. The highest BCUT2D eigenvalue weighted by molar-refractivity contribution is 7.92. The largest absolute Gasteiger partial charge is 0.497 e. The van der Waals surface area contributed by atoms with Crippen molar-refractivity contribution in [2.24, 2.45) is 0 Å². The second-order valence-electron chi connectivity index (χ2n) is 4.85. The van der Waals surface area contributed by atoms with Crippen LogP contribution in [0, 0.1) is 0 Å². The van der Waals surface area contributed by atoms with Crippen molar-refractivity contribution < 1.29 is 13.2 Å². The Morgan fingerprint density at radius 1 is 0.864 bits per heavy atom. The standard InChI is InChI=1S/C17H15NO3S/c1-21-16-9-7-14-12-17(10-8-13(14)11-16)22(19,20)18-15-5-3-2-4-6-15/h2-12,18H,1H3. The molecule has 22 heavy (non-hydrogen) atoms. The van der Waals surface area contributed by atoms with Crippen molar-refractivity contribution in [3.8, 4) is 5.75 Å². The van der Waals surface area contributed by atoms with Crippen molar-refractivity contribution >= 4 is 26.5 Å². The van der Waals surface area contributed by atoms with Gasteiger partial charge in [-0.15, -0.1) is 0 Å². The first kappa shape index (κ1) is 14.4. The van der Waals surface area contributed by atoms with E-state index in [9.17, 15) is 8.42 Å². The van der Waals surface area contributed by atoms with Gasteiger partial charge in [-0.2, -0.15) is 0 Å². The molecule has 5 heteroatoms. The van der Waals surface area contributed by atoms with Gasteiger partial charge in [-0.3, -0.25) is 4.72 Å². The van der Waals surface area contributed by atoms with Crippen molar-refractivity contribution in [1.82, 2.24) is 0 Å². The molecule has 0 saturated heterocycles. The molecule has 4 nitrogen and oxygen atoms in total. The first-order chi connectivity index (χ1) is 10.6. The number of hydrogen-bond acceptors (Lipinski definition) is 3. The van der Waals surface area contributed by atoms with Gasteiger partial charge >= 0.3 is 0 Å². The van der Waals surface area contributed by atoms with Crippen LogP contribution < -0.4 is 9.46 Å². The molecule has 0 amide bonds. The molecule has 0 spiro atoms. The highest BCUT2D eigenvalue weighted by Crippen LogP contribution is 2.24. The van der Waals surface area contributed by atoms with E-state index in [0.29, 0.717) is 5.69 Å². The van der Waals surface area contributed by atoms with Gasteiger partial charge in [0.1, 0.15) is 5.75 Å². The lowest BCUT2D eigenvalue weighted by molar-refractivity contribution is 0.415. The van der Waals surface area contributed by atoms with Gasteiger partial charge in [0.05, 0.1) is 12.0 Å². The minimum atomic E-state index is -3.60. The minimum absolute atomic E-state index is 0.231. The minimum Gasteiger partial charge on any atom is -0.497 e. The highest BCUT2D eigenvalue weighted by atomic mass is 32.2. The maximum absolute atomic E-state index is 12.4. The van der Waals surface area contributed by atoms with Crippen molar-refractivity contribution in [2.45, 2.75) is 4.90 Å². The molecule has 0 aromatic heterocycles. The number of nitrogens with one attached hydrogen (secondary N) is 1. The lowest BCUT2D eigenvalue weighted by Crippen LogP contribution is -2.12.